The molecular weight excluding hydrogens is 643 g/mol. The summed E-state index contributed by atoms with van der Waals surface area (Å²) in [6, 6.07) is 27.5. The van der Waals surface area contributed by atoms with E-state index in [1.165, 1.54) is 12.1 Å². The summed E-state index contributed by atoms with van der Waals surface area (Å²) in [5, 5.41) is 12.9. The van der Waals surface area contributed by atoms with Crippen molar-refractivity contribution in [2.45, 2.75) is 31.0 Å². The lowest BCUT2D eigenvalue weighted by Crippen LogP contribution is -2.53. The van der Waals surface area contributed by atoms with Gasteiger partial charge >= 0.3 is 0 Å². The molecule has 0 spiro atoms. The normalized spacial score (nSPS) is 17.1. The maximum absolute atomic E-state index is 14.3. The number of benzene rings is 4. The third-order valence-electron chi connectivity index (χ3n) is 7.20. The highest BCUT2D eigenvalue weighted by molar-refractivity contribution is 9.10. The van der Waals surface area contributed by atoms with E-state index in [0.29, 0.717) is 35.6 Å². The number of nitrogens with one attached hydrogen (secondary N) is 2. The molecule has 1 aliphatic heterocycles. The number of nitrogens with zero attached hydrogens (tertiary/aromatic N) is 4. The molecule has 0 saturated carbocycles. The van der Waals surface area contributed by atoms with Crippen LogP contribution in [-0.2, 0) is 22.5 Å². The average Bonchev–Trinajstić information content (AvgIpc) is 3.44. The summed E-state index contributed by atoms with van der Waals surface area (Å²) in [5.41, 5.74) is 16.5. The Morgan fingerprint density at radius 2 is 1.76 bits per heavy atom. The Labute approximate surface area is 267 Å². The van der Waals surface area contributed by atoms with E-state index in [4.69, 9.17) is 19.6 Å². The van der Waals surface area contributed by atoms with Crippen LogP contribution in [0.4, 0.5) is 10.1 Å². The Morgan fingerprint density at radius 3 is 2.47 bits per heavy atom. The van der Waals surface area contributed by atoms with E-state index in [9.17, 15) is 14.7 Å². The molecule has 1 aliphatic rings. The van der Waals surface area contributed by atoms with E-state index < -0.39 is 17.6 Å². The van der Waals surface area contributed by atoms with Crippen LogP contribution >= 0.6 is 15.9 Å². The highest BCUT2D eigenvalue weighted by Crippen LogP contribution is 2.45. The Bertz CT molecular complexity index is 1700. The Morgan fingerprint density at radius 1 is 1.04 bits per heavy atom. The second-order valence-corrected chi connectivity index (χ2v) is 11.2. The topological polar surface area (TPSA) is 141 Å². The van der Waals surface area contributed by atoms with Gasteiger partial charge in [-0.25, -0.2) is 14.8 Å². The van der Waals surface area contributed by atoms with E-state index in [1.54, 1.807) is 60.7 Å². The van der Waals surface area contributed by atoms with Gasteiger partial charge in [0.25, 0.3) is 5.91 Å². The minimum atomic E-state index is -1.55. The molecule has 1 heterocycles. The summed E-state index contributed by atoms with van der Waals surface area (Å²) in [5.74, 6) is 0.00285. The number of aliphatic hydroxyl groups is 1. The van der Waals surface area contributed by atoms with Crippen LogP contribution < -0.4 is 15.6 Å². The fraction of sp³-hybridized carbons (Fsp3) is 0.212. The van der Waals surface area contributed by atoms with Crippen LogP contribution in [0.15, 0.2) is 112 Å². The van der Waals surface area contributed by atoms with E-state index in [0.717, 1.165) is 15.6 Å². The number of azide groups is 1. The zero-order valence-corrected chi connectivity index (χ0v) is 25.7. The van der Waals surface area contributed by atoms with Gasteiger partial charge < -0.3 is 14.6 Å². The summed E-state index contributed by atoms with van der Waals surface area (Å²) in [6.07, 6.45) is -0.330. The lowest BCUT2D eigenvalue weighted by atomic mass is 9.81. The van der Waals surface area contributed by atoms with Crippen molar-refractivity contribution in [3.05, 3.63) is 140 Å². The standard InChI is InChI=1S/C33H30BrFN6O4/c34-25-12-6-22(7-13-25)20-33(32(43)40-37-21-23-8-14-26(35)15-9-23)30(28-4-1-2-5-29(28)39-41-36)45-31(38-33)24-10-16-27(17-11-24)44-19-3-18-42/h1-2,4-17,30,37,42H,3,18-21H2,(H,40,43)/t30-,33-/m0/s1. The molecule has 0 saturated heterocycles. The van der Waals surface area contributed by atoms with Crippen molar-refractivity contribution in [1.82, 2.24) is 10.9 Å². The first-order valence-electron chi connectivity index (χ1n) is 14.2. The largest absolute Gasteiger partial charge is 0.494 e. The highest BCUT2D eigenvalue weighted by atomic mass is 79.9. The number of aliphatic imine (C=N–C) groups is 1. The van der Waals surface area contributed by atoms with Gasteiger partial charge in [0.2, 0.25) is 5.90 Å². The van der Waals surface area contributed by atoms with Gasteiger partial charge in [-0.3, -0.25) is 10.2 Å². The minimum Gasteiger partial charge on any atom is -0.494 e. The number of halogens is 2. The third-order valence-corrected chi connectivity index (χ3v) is 7.72. The second kappa shape index (κ2) is 14.8. The maximum atomic E-state index is 14.3. The zero-order valence-electron chi connectivity index (χ0n) is 24.1. The van der Waals surface area contributed by atoms with Crippen LogP contribution in [0.2, 0.25) is 0 Å². The summed E-state index contributed by atoms with van der Waals surface area (Å²) < 4.78 is 26.5. The lowest BCUT2D eigenvalue weighted by Gasteiger charge is -2.31. The molecule has 1 amide bonds. The number of amides is 1. The number of carbonyl (C=O) groups is 1. The Kier molecular flexibility index (Phi) is 10.4. The number of hydrazine groups is 1. The SMILES string of the molecule is [N-]=[N+]=Nc1ccccc1[C@@H]1OC(c2ccc(OCCCO)cc2)=N[C@]1(Cc1ccc(Br)cc1)C(=O)NNCc1ccc(F)cc1. The molecule has 0 aromatic heterocycles. The van der Waals surface area contributed by atoms with Gasteiger partial charge in [0.15, 0.2) is 11.6 Å². The van der Waals surface area contributed by atoms with Crippen molar-refractivity contribution in [2.75, 3.05) is 13.2 Å². The maximum Gasteiger partial charge on any atom is 0.266 e. The van der Waals surface area contributed by atoms with E-state index in [1.807, 2.05) is 24.3 Å². The van der Waals surface area contributed by atoms with Gasteiger partial charge in [-0.05, 0) is 65.2 Å². The predicted molar refractivity (Wildman–Crippen MR) is 171 cm³/mol. The summed E-state index contributed by atoms with van der Waals surface area (Å²) >= 11 is 3.47. The monoisotopic (exact) mass is 672 g/mol. The molecule has 0 fully saturated rings. The quantitative estimate of drug-likeness (QED) is 0.0482. The van der Waals surface area contributed by atoms with Gasteiger partial charge in [0, 0.05) is 52.2 Å². The second-order valence-electron chi connectivity index (χ2n) is 10.3. The van der Waals surface area contributed by atoms with Crippen LogP contribution in [0.3, 0.4) is 0 Å². The van der Waals surface area contributed by atoms with Crippen molar-refractivity contribution in [2.24, 2.45) is 10.1 Å². The van der Waals surface area contributed by atoms with Crippen molar-refractivity contribution >= 4 is 33.4 Å². The van der Waals surface area contributed by atoms with Gasteiger partial charge in [-0.2, -0.15) is 0 Å². The third kappa shape index (κ3) is 7.68. The first kappa shape index (κ1) is 31.7. The van der Waals surface area contributed by atoms with Gasteiger partial charge in [0.1, 0.15) is 11.6 Å². The molecule has 230 valence electrons. The highest BCUT2D eigenvalue weighted by Gasteiger charge is 2.54. The van der Waals surface area contributed by atoms with Crippen LogP contribution in [0.1, 0.15) is 34.8 Å². The summed E-state index contributed by atoms with van der Waals surface area (Å²) in [4.78, 5) is 22.3. The number of ether oxygens (including phenoxy) is 2. The smallest absolute Gasteiger partial charge is 0.266 e. The number of hydrogen-bond acceptors (Lipinski definition) is 7. The number of aliphatic hydroxyl groups excluding tert-OH is 1. The molecule has 5 rings (SSSR count). The molecule has 0 bridgehead atoms. The first-order chi connectivity index (χ1) is 21.9. The summed E-state index contributed by atoms with van der Waals surface area (Å²) in [7, 11) is 0. The fourth-order valence-corrected chi connectivity index (χ4v) is 5.22. The molecule has 10 nitrogen and oxygen atoms in total. The van der Waals surface area contributed by atoms with Crippen molar-refractivity contribution in [1.29, 1.82) is 0 Å². The Hall–Kier alpha value is -4.74. The molecule has 12 heteroatoms. The van der Waals surface area contributed by atoms with Crippen LogP contribution in [0.5, 0.6) is 5.75 Å². The molecule has 0 radical (unpaired) electrons. The molecule has 3 N–H and O–H groups in total. The van der Waals surface area contributed by atoms with Crippen LogP contribution in [0.25, 0.3) is 10.4 Å². The molecular formula is C33H30BrFN6O4. The number of carbonyl (C=O) groups excluding carboxylic acids is 1. The number of hydrogen-bond donors (Lipinski definition) is 3. The zero-order chi connectivity index (χ0) is 31.6. The molecule has 0 unspecified atom stereocenters. The van der Waals surface area contributed by atoms with Gasteiger partial charge in [-0.15, -0.1) is 0 Å². The van der Waals surface area contributed by atoms with E-state index in [-0.39, 0.29) is 31.3 Å². The Balaban J connectivity index is 1.55. The molecule has 2 atom stereocenters. The molecule has 4 aromatic carbocycles. The van der Waals surface area contributed by atoms with Gasteiger partial charge in [0.05, 0.1) is 6.61 Å². The summed E-state index contributed by atoms with van der Waals surface area (Å²) in [6.45, 7) is 0.630. The van der Waals surface area contributed by atoms with E-state index in [2.05, 4.69) is 36.8 Å². The molecule has 0 aliphatic carbocycles. The molecule has 4 aromatic rings. The average molecular weight is 674 g/mol. The van der Waals surface area contributed by atoms with Gasteiger partial charge in [-0.1, -0.05) is 69.6 Å². The van der Waals surface area contributed by atoms with Crippen molar-refractivity contribution in [3.63, 3.8) is 0 Å². The molecule has 45 heavy (non-hydrogen) atoms. The lowest BCUT2D eigenvalue weighted by molar-refractivity contribution is -0.130. The number of rotatable bonds is 13. The van der Waals surface area contributed by atoms with Crippen LogP contribution in [0, 0.1) is 5.82 Å². The minimum absolute atomic E-state index is 0.0305. The van der Waals surface area contributed by atoms with E-state index >= 15 is 0 Å². The fourth-order valence-electron chi connectivity index (χ4n) is 4.96. The van der Waals surface area contributed by atoms with Crippen molar-refractivity contribution in [3.8, 4) is 5.75 Å². The predicted octanol–water partition coefficient (Wildman–Crippen LogP) is 6.61. The van der Waals surface area contributed by atoms with Crippen LogP contribution in [-0.4, -0.2) is 35.7 Å². The first-order valence-corrected chi connectivity index (χ1v) is 15.0. The van der Waals surface area contributed by atoms with Crippen molar-refractivity contribution < 1.29 is 23.8 Å².